The molecule has 0 radical (unpaired) electrons. The van der Waals surface area contributed by atoms with E-state index in [4.69, 9.17) is 5.73 Å². The van der Waals surface area contributed by atoms with Gasteiger partial charge in [0.05, 0.1) is 0 Å². The Hall–Kier alpha value is -0.570. The quantitative estimate of drug-likeness (QED) is 0.823. The largest absolute Gasteiger partial charge is 0.351 e. The fourth-order valence-electron chi connectivity index (χ4n) is 3.47. The van der Waals surface area contributed by atoms with Crippen molar-refractivity contribution in [3.8, 4) is 0 Å². The maximum atomic E-state index is 12.4. The molecule has 0 atom stereocenters. The Balaban J connectivity index is 2.46. The maximum absolute atomic E-state index is 12.4. The summed E-state index contributed by atoms with van der Waals surface area (Å²) in [4.78, 5) is 12.4. The molecule has 0 saturated heterocycles. The third kappa shape index (κ3) is 5.94. The second kappa shape index (κ2) is 6.25. The van der Waals surface area contributed by atoms with E-state index < -0.39 is 0 Å². The normalized spacial score (nSPS) is 25.2. The van der Waals surface area contributed by atoms with E-state index in [0.717, 1.165) is 38.6 Å². The van der Waals surface area contributed by atoms with Gasteiger partial charge in [0.1, 0.15) is 0 Å². The summed E-state index contributed by atoms with van der Waals surface area (Å²) in [5.74, 6) is 1.07. The van der Waals surface area contributed by atoms with Gasteiger partial charge in [-0.1, -0.05) is 20.8 Å². The summed E-state index contributed by atoms with van der Waals surface area (Å²) in [6.45, 7) is 11.7. The molecule has 0 aromatic rings. The lowest BCUT2D eigenvalue weighted by atomic mass is 9.79. The van der Waals surface area contributed by atoms with Crippen LogP contribution in [-0.4, -0.2) is 18.0 Å². The minimum Gasteiger partial charge on any atom is -0.351 e. The highest BCUT2D eigenvalue weighted by atomic mass is 16.2. The second-order valence-corrected chi connectivity index (χ2v) is 8.06. The molecule has 1 aliphatic rings. The molecule has 1 aliphatic carbocycles. The predicted octanol–water partition coefficient (Wildman–Crippen LogP) is 3.08. The molecule has 0 spiro atoms. The summed E-state index contributed by atoms with van der Waals surface area (Å²) >= 11 is 0. The zero-order chi connectivity index (χ0) is 14.7. The van der Waals surface area contributed by atoms with E-state index in [9.17, 15) is 4.79 Å². The first kappa shape index (κ1) is 16.5. The molecule has 0 bridgehead atoms. The number of carbonyl (C=O) groups excluding carboxylic acids is 1. The van der Waals surface area contributed by atoms with E-state index in [-0.39, 0.29) is 22.8 Å². The third-order valence-corrected chi connectivity index (χ3v) is 3.98. The topological polar surface area (TPSA) is 55.1 Å². The van der Waals surface area contributed by atoms with Crippen LogP contribution in [0.4, 0.5) is 0 Å². The first-order valence-electron chi connectivity index (χ1n) is 7.65. The number of nitrogens with one attached hydrogen (secondary N) is 1. The molecule has 3 heteroatoms. The Morgan fingerprint density at radius 3 is 2.05 bits per heavy atom. The second-order valence-electron chi connectivity index (χ2n) is 8.06. The van der Waals surface area contributed by atoms with E-state index in [1.807, 2.05) is 0 Å². The number of hydrogen-bond donors (Lipinski definition) is 2. The first-order valence-corrected chi connectivity index (χ1v) is 7.65. The summed E-state index contributed by atoms with van der Waals surface area (Å²) in [5, 5.41) is 3.25. The van der Waals surface area contributed by atoms with Crippen LogP contribution in [0.25, 0.3) is 0 Å². The van der Waals surface area contributed by atoms with E-state index in [2.05, 4.69) is 39.9 Å². The van der Waals surface area contributed by atoms with Crippen molar-refractivity contribution in [3.05, 3.63) is 0 Å². The van der Waals surface area contributed by atoms with E-state index in [1.165, 1.54) is 0 Å². The van der Waals surface area contributed by atoms with Gasteiger partial charge in [0, 0.05) is 11.5 Å². The highest BCUT2D eigenvalue weighted by Gasteiger charge is 2.31. The van der Waals surface area contributed by atoms with Gasteiger partial charge < -0.3 is 11.1 Å². The van der Waals surface area contributed by atoms with Crippen LogP contribution in [-0.2, 0) is 4.79 Å². The number of rotatable bonds is 4. The fraction of sp³-hybridized carbons (Fsp3) is 0.938. The Labute approximate surface area is 118 Å². The van der Waals surface area contributed by atoms with Gasteiger partial charge in [0.2, 0.25) is 5.91 Å². The SMILES string of the molecule is CC(C)(C)CC(C)(C)NC(=O)C1CCC(CN)CC1. The lowest BCUT2D eigenvalue weighted by molar-refractivity contribution is -0.128. The fourth-order valence-corrected chi connectivity index (χ4v) is 3.47. The zero-order valence-corrected chi connectivity index (χ0v) is 13.4. The van der Waals surface area contributed by atoms with Crippen molar-refractivity contribution in [1.29, 1.82) is 0 Å². The van der Waals surface area contributed by atoms with Crippen molar-refractivity contribution < 1.29 is 4.79 Å². The van der Waals surface area contributed by atoms with Gasteiger partial charge in [0.25, 0.3) is 0 Å². The molecule has 0 heterocycles. The molecule has 0 aromatic carbocycles. The summed E-state index contributed by atoms with van der Waals surface area (Å²) < 4.78 is 0. The Morgan fingerprint density at radius 2 is 1.63 bits per heavy atom. The van der Waals surface area contributed by atoms with Gasteiger partial charge >= 0.3 is 0 Å². The predicted molar refractivity (Wildman–Crippen MR) is 80.8 cm³/mol. The summed E-state index contributed by atoms with van der Waals surface area (Å²) in [6, 6.07) is 0. The first-order chi connectivity index (χ1) is 8.63. The molecule has 3 N–H and O–H groups in total. The minimum atomic E-state index is -0.125. The van der Waals surface area contributed by atoms with E-state index in [0.29, 0.717) is 5.92 Å². The number of amides is 1. The van der Waals surface area contributed by atoms with Crippen LogP contribution >= 0.6 is 0 Å². The smallest absolute Gasteiger partial charge is 0.223 e. The molecular weight excluding hydrogens is 236 g/mol. The van der Waals surface area contributed by atoms with Crippen LogP contribution in [0, 0.1) is 17.3 Å². The van der Waals surface area contributed by atoms with Crippen LogP contribution < -0.4 is 11.1 Å². The summed E-state index contributed by atoms with van der Waals surface area (Å²) in [5.41, 5.74) is 5.80. The molecule has 1 saturated carbocycles. The molecule has 112 valence electrons. The maximum Gasteiger partial charge on any atom is 0.223 e. The van der Waals surface area contributed by atoms with Crippen molar-refractivity contribution >= 4 is 5.91 Å². The highest BCUT2D eigenvalue weighted by Crippen LogP contribution is 2.30. The Morgan fingerprint density at radius 1 is 1.11 bits per heavy atom. The van der Waals surface area contributed by atoms with Gasteiger partial charge in [-0.15, -0.1) is 0 Å². The molecule has 1 fully saturated rings. The van der Waals surface area contributed by atoms with Gasteiger partial charge in [-0.2, -0.15) is 0 Å². The van der Waals surface area contributed by atoms with Crippen molar-refractivity contribution in [1.82, 2.24) is 5.32 Å². The van der Waals surface area contributed by atoms with Gasteiger partial charge in [-0.05, 0) is 63.8 Å². The van der Waals surface area contributed by atoms with Crippen LogP contribution in [0.3, 0.4) is 0 Å². The van der Waals surface area contributed by atoms with Crippen molar-refractivity contribution in [2.45, 2.75) is 72.3 Å². The molecule has 0 aliphatic heterocycles. The van der Waals surface area contributed by atoms with Crippen LogP contribution in [0.2, 0.25) is 0 Å². The highest BCUT2D eigenvalue weighted by molar-refractivity contribution is 5.79. The molecule has 0 aromatic heterocycles. The van der Waals surface area contributed by atoms with Crippen LogP contribution in [0.15, 0.2) is 0 Å². The Kier molecular flexibility index (Phi) is 5.43. The number of carbonyl (C=O) groups is 1. The van der Waals surface area contributed by atoms with Crippen molar-refractivity contribution in [2.75, 3.05) is 6.54 Å². The summed E-state index contributed by atoms with van der Waals surface area (Å²) in [6.07, 6.45) is 5.20. The average Bonchev–Trinajstić information content (AvgIpc) is 2.25. The monoisotopic (exact) mass is 268 g/mol. The molecular formula is C16H32N2O. The van der Waals surface area contributed by atoms with Gasteiger partial charge in [0.15, 0.2) is 0 Å². The average molecular weight is 268 g/mol. The lowest BCUT2D eigenvalue weighted by Crippen LogP contribution is -2.48. The summed E-state index contributed by atoms with van der Waals surface area (Å²) in [7, 11) is 0. The van der Waals surface area contributed by atoms with Gasteiger partial charge in [-0.3, -0.25) is 4.79 Å². The lowest BCUT2D eigenvalue weighted by Gasteiger charge is -2.35. The van der Waals surface area contributed by atoms with Crippen molar-refractivity contribution in [3.63, 3.8) is 0 Å². The standard InChI is InChI=1S/C16H32N2O/c1-15(2,3)11-16(4,5)18-14(19)13-8-6-12(10-17)7-9-13/h12-13H,6-11,17H2,1-5H3,(H,18,19). The van der Waals surface area contributed by atoms with E-state index in [1.54, 1.807) is 0 Å². The zero-order valence-electron chi connectivity index (χ0n) is 13.4. The van der Waals surface area contributed by atoms with Crippen molar-refractivity contribution in [2.24, 2.45) is 23.0 Å². The number of nitrogens with two attached hydrogens (primary N) is 1. The Bertz CT molecular complexity index is 296. The van der Waals surface area contributed by atoms with Gasteiger partial charge in [-0.25, -0.2) is 0 Å². The molecule has 3 nitrogen and oxygen atoms in total. The number of hydrogen-bond acceptors (Lipinski definition) is 2. The third-order valence-electron chi connectivity index (χ3n) is 3.98. The molecule has 1 amide bonds. The molecule has 19 heavy (non-hydrogen) atoms. The molecule has 0 unspecified atom stereocenters. The molecule has 1 rings (SSSR count). The minimum absolute atomic E-state index is 0.125. The van der Waals surface area contributed by atoms with Crippen LogP contribution in [0.1, 0.15) is 66.7 Å². The van der Waals surface area contributed by atoms with Crippen LogP contribution in [0.5, 0.6) is 0 Å². The van der Waals surface area contributed by atoms with E-state index >= 15 is 0 Å².